The van der Waals surface area contributed by atoms with E-state index in [1.165, 1.54) is 25.0 Å². The van der Waals surface area contributed by atoms with Gasteiger partial charge in [0, 0.05) is 11.1 Å². The Balaban J connectivity index is 1.99. The van der Waals surface area contributed by atoms with Crippen molar-refractivity contribution in [1.82, 2.24) is 10.2 Å². The van der Waals surface area contributed by atoms with Gasteiger partial charge < -0.3 is 5.32 Å². The first kappa shape index (κ1) is 14.8. The third-order valence-electron chi connectivity index (χ3n) is 4.10. The molecular formula is C15H22ClFN2. The Morgan fingerprint density at radius 2 is 2.11 bits per heavy atom. The average molecular weight is 285 g/mol. The standard InChI is InChI=1S/C15H22ClFN2/c1-11(14-4-3-13(17)9-15(14)16)19-7-5-12(6-8-19)10-18-2/h3-4,9,11-12,18H,5-8,10H2,1-2H3. The quantitative estimate of drug-likeness (QED) is 0.911. The van der Waals surface area contributed by atoms with Crippen LogP contribution in [0.3, 0.4) is 0 Å². The summed E-state index contributed by atoms with van der Waals surface area (Å²) in [5, 5.41) is 3.78. The molecule has 1 saturated heterocycles. The lowest BCUT2D eigenvalue weighted by molar-refractivity contribution is 0.141. The smallest absolute Gasteiger partial charge is 0.124 e. The van der Waals surface area contributed by atoms with Crippen LogP contribution in [0, 0.1) is 11.7 Å². The summed E-state index contributed by atoms with van der Waals surface area (Å²) in [4.78, 5) is 2.44. The lowest BCUT2D eigenvalue weighted by atomic mass is 9.94. The van der Waals surface area contributed by atoms with E-state index in [1.54, 1.807) is 0 Å². The molecule has 1 aliphatic rings. The Morgan fingerprint density at radius 3 is 2.68 bits per heavy atom. The molecule has 0 bridgehead atoms. The van der Waals surface area contributed by atoms with Gasteiger partial charge in [0.2, 0.25) is 0 Å². The highest BCUT2D eigenvalue weighted by Gasteiger charge is 2.24. The van der Waals surface area contributed by atoms with Crippen molar-refractivity contribution < 1.29 is 4.39 Å². The summed E-state index contributed by atoms with van der Waals surface area (Å²) in [5.74, 6) is 0.505. The molecule has 1 fully saturated rings. The van der Waals surface area contributed by atoms with Crippen LogP contribution >= 0.6 is 11.6 Å². The molecule has 1 aliphatic heterocycles. The summed E-state index contributed by atoms with van der Waals surface area (Å²) < 4.78 is 13.1. The molecular weight excluding hydrogens is 263 g/mol. The van der Waals surface area contributed by atoms with Gasteiger partial charge in [0.15, 0.2) is 0 Å². The Hall–Kier alpha value is -0.640. The zero-order valence-electron chi connectivity index (χ0n) is 11.6. The van der Waals surface area contributed by atoms with E-state index in [-0.39, 0.29) is 11.9 Å². The van der Waals surface area contributed by atoms with Crippen LogP contribution < -0.4 is 5.32 Å². The Bertz CT molecular complexity index is 417. The van der Waals surface area contributed by atoms with Gasteiger partial charge in [-0.3, -0.25) is 4.90 Å². The van der Waals surface area contributed by atoms with Gasteiger partial charge in [-0.15, -0.1) is 0 Å². The van der Waals surface area contributed by atoms with Gasteiger partial charge in [-0.25, -0.2) is 4.39 Å². The summed E-state index contributed by atoms with van der Waals surface area (Å²) in [6.07, 6.45) is 2.42. The third-order valence-corrected chi connectivity index (χ3v) is 4.43. The number of piperidine rings is 1. The monoisotopic (exact) mass is 284 g/mol. The first-order valence-corrected chi connectivity index (χ1v) is 7.33. The molecule has 2 rings (SSSR count). The van der Waals surface area contributed by atoms with Gasteiger partial charge in [-0.2, -0.15) is 0 Å². The van der Waals surface area contributed by atoms with Crippen LogP contribution in [-0.2, 0) is 0 Å². The molecule has 19 heavy (non-hydrogen) atoms. The van der Waals surface area contributed by atoms with Crippen LogP contribution in [0.2, 0.25) is 5.02 Å². The highest BCUT2D eigenvalue weighted by molar-refractivity contribution is 6.31. The van der Waals surface area contributed by atoms with Crippen molar-refractivity contribution >= 4 is 11.6 Å². The molecule has 0 saturated carbocycles. The van der Waals surface area contributed by atoms with E-state index in [0.29, 0.717) is 5.02 Å². The fourth-order valence-corrected chi connectivity index (χ4v) is 3.20. The minimum atomic E-state index is -0.270. The van der Waals surface area contributed by atoms with Gasteiger partial charge in [-0.1, -0.05) is 17.7 Å². The molecule has 1 heterocycles. The predicted molar refractivity (Wildman–Crippen MR) is 78.0 cm³/mol. The maximum absolute atomic E-state index is 13.1. The zero-order valence-corrected chi connectivity index (χ0v) is 12.4. The van der Waals surface area contributed by atoms with Gasteiger partial charge in [-0.05, 0) is 70.1 Å². The van der Waals surface area contributed by atoms with Crippen LogP contribution in [0.5, 0.6) is 0 Å². The van der Waals surface area contributed by atoms with Crippen molar-refractivity contribution in [3.05, 3.63) is 34.6 Å². The number of nitrogens with zero attached hydrogens (tertiary/aromatic N) is 1. The molecule has 1 N–H and O–H groups in total. The Labute approximate surface area is 119 Å². The number of rotatable bonds is 4. The van der Waals surface area contributed by atoms with E-state index in [9.17, 15) is 4.39 Å². The molecule has 1 aromatic carbocycles. The van der Waals surface area contributed by atoms with E-state index < -0.39 is 0 Å². The number of likely N-dealkylation sites (tertiary alicyclic amines) is 1. The summed E-state index contributed by atoms with van der Waals surface area (Å²) in [7, 11) is 2.01. The largest absolute Gasteiger partial charge is 0.319 e. The number of benzene rings is 1. The van der Waals surface area contributed by atoms with Crippen LogP contribution in [-0.4, -0.2) is 31.6 Å². The maximum atomic E-state index is 13.1. The van der Waals surface area contributed by atoms with Crippen LogP contribution in [0.1, 0.15) is 31.4 Å². The SMILES string of the molecule is CNCC1CCN(C(C)c2ccc(F)cc2Cl)CC1. The molecule has 4 heteroatoms. The first-order chi connectivity index (χ1) is 9.11. The van der Waals surface area contributed by atoms with Gasteiger partial charge in [0.1, 0.15) is 5.82 Å². The molecule has 1 unspecified atom stereocenters. The fraction of sp³-hybridized carbons (Fsp3) is 0.600. The van der Waals surface area contributed by atoms with Crippen molar-refractivity contribution in [2.24, 2.45) is 5.92 Å². The van der Waals surface area contributed by atoms with E-state index in [1.807, 2.05) is 13.1 Å². The third kappa shape index (κ3) is 3.68. The highest BCUT2D eigenvalue weighted by atomic mass is 35.5. The second-order valence-electron chi connectivity index (χ2n) is 5.38. The summed E-state index contributed by atoms with van der Waals surface area (Å²) in [6.45, 7) is 5.42. The normalized spacial score (nSPS) is 19.6. The van der Waals surface area contributed by atoms with Gasteiger partial charge >= 0.3 is 0 Å². The van der Waals surface area contributed by atoms with Gasteiger partial charge in [0.05, 0.1) is 0 Å². The molecule has 0 aromatic heterocycles. The average Bonchev–Trinajstić information content (AvgIpc) is 2.39. The fourth-order valence-electron chi connectivity index (χ4n) is 2.87. The molecule has 0 aliphatic carbocycles. The minimum Gasteiger partial charge on any atom is -0.319 e. The van der Waals surface area contributed by atoms with Crippen molar-refractivity contribution in [1.29, 1.82) is 0 Å². The second-order valence-corrected chi connectivity index (χ2v) is 5.79. The lowest BCUT2D eigenvalue weighted by Crippen LogP contribution is -2.38. The zero-order chi connectivity index (χ0) is 13.8. The number of halogens is 2. The van der Waals surface area contributed by atoms with Crippen LogP contribution in [0.25, 0.3) is 0 Å². The predicted octanol–water partition coefficient (Wildman–Crippen LogP) is 3.47. The molecule has 0 radical (unpaired) electrons. The second kappa shape index (κ2) is 6.69. The first-order valence-electron chi connectivity index (χ1n) is 6.95. The number of nitrogens with one attached hydrogen (secondary N) is 1. The van der Waals surface area contributed by atoms with Crippen molar-refractivity contribution in [2.75, 3.05) is 26.7 Å². The van der Waals surface area contributed by atoms with Gasteiger partial charge in [0.25, 0.3) is 0 Å². The topological polar surface area (TPSA) is 15.3 Å². The molecule has 0 spiro atoms. The Kier molecular flexibility index (Phi) is 5.20. The molecule has 106 valence electrons. The lowest BCUT2D eigenvalue weighted by Gasteiger charge is -2.36. The molecule has 0 amide bonds. The summed E-state index contributed by atoms with van der Waals surface area (Å²) in [6, 6.07) is 4.96. The van der Waals surface area contributed by atoms with Crippen LogP contribution in [0.4, 0.5) is 4.39 Å². The van der Waals surface area contributed by atoms with Crippen molar-refractivity contribution in [2.45, 2.75) is 25.8 Å². The number of hydrogen-bond donors (Lipinski definition) is 1. The van der Waals surface area contributed by atoms with E-state index in [0.717, 1.165) is 31.1 Å². The summed E-state index contributed by atoms with van der Waals surface area (Å²) in [5.41, 5.74) is 1.02. The minimum absolute atomic E-state index is 0.253. The van der Waals surface area contributed by atoms with Crippen molar-refractivity contribution in [3.63, 3.8) is 0 Å². The Morgan fingerprint density at radius 1 is 1.42 bits per heavy atom. The number of hydrogen-bond acceptors (Lipinski definition) is 2. The highest BCUT2D eigenvalue weighted by Crippen LogP contribution is 2.30. The van der Waals surface area contributed by atoms with E-state index >= 15 is 0 Å². The molecule has 1 atom stereocenters. The van der Waals surface area contributed by atoms with Crippen molar-refractivity contribution in [3.8, 4) is 0 Å². The maximum Gasteiger partial charge on any atom is 0.124 e. The van der Waals surface area contributed by atoms with E-state index in [2.05, 4.69) is 17.1 Å². The summed E-state index contributed by atoms with van der Waals surface area (Å²) >= 11 is 6.15. The van der Waals surface area contributed by atoms with Crippen LogP contribution in [0.15, 0.2) is 18.2 Å². The van der Waals surface area contributed by atoms with E-state index in [4.69, 9.17) is 11.6 Å². The molecule has 2 nitrogen and oxygen atoms in total. The molecule has 1 aromatic rings.